The van der Waals surface area contributed by atoms with E-state index >= 15 is 0 Å². The number of likely N-dealkylation sites (tertiary alicyclic amines) is 1. The van der Waals surface area contributed by atoms with E-state index < -0.39 is 0 Å². The Bertz CT molecular complexity index is 202. The first kappa shape index (κ1) is 9.93. The molecule has 2 fully saturated rings. The number of amides is 1. The monoisotopic (exact) mass is 197 g/mol. The summed E-state index contributed by atoms with van der Waals surface area (Å²) in [7, 11) is 2.17. The van der Waals surface area contributed by atoms with Gasteiger partial charge in [-0.1, -0.05) is 0 Å². The van der Waals surface area contributed by atoms with Crippen LogP contribution in [0.3, 0.4) is 0 Å². The predicted molar refractivity (Wildman–Crippen MR) is 55.1 cm³/mol. The quantitative estimate of drug-likeness (QED) is 0.557. The molecule has 0 bridgehead atoms. The Balaban J connectivity index is 1.82. The van der Waals surface area contributed by atoms with Gasteiger partial charge in [0.1, 0.15) is 0 Å². The van der Waals surface area contributed by atoms with Gasteiger partial charge in [-0.15, -0.1) is 0 Å². The van der Waals surface area contributed by atoms with Gasteiger partial charge in [0.15, 0.2) is 0 Å². The summed E-state index contributed by atoms with van der Waals surface area (Å²) in [6.07, 6.45) is 2.14. The molecule has 1 atom stereocenters. The van der Waals surface area contributed by atoms with Crippen molar-refractivity contribution in [3.8, 4) is 0 Å². The van der Waals surface area contributed by atoms with Gasteiger partial charge in [-0.3, -0.25) is 9.69 Å². The fourth-order valence-corrected chi connectivity index (χ4v) is 2.35. The first-order chi connectivity index (χ1) is 6.79. The van der Waals surface area contributed by atoms with Gasteiger partial charge in [0.2, 0.25) is 6.41 Å². The van der Waals surface area contributed by atoms with Crippen molar-refractivity contribution in [1.29, 1.82) is 0 Å². The lowest BCUT2D eigenvalue weighted by molar-refractivity contribution is -0.117. The molecule has 14 heavy (non-hydrogen) atoms. The molecule has 0 radical (unpaired) electrons. The van der Waals surface area contributed by atoms with E-state index in [0.29, 0.717) is 6.04 Å². The summed E-state index contributed by atoms with van der Waals surface area (Å²) in [5.74, 6) is 0. The maximum Gasteiger partial charge on any atom is 0.209 e. The molecule has 0 aromatic heterocycles. The van der Waals surface area contributed by atoms with Crippen molar-refractivity contribution in [3.63, 3.8) is 0 Å². The second-order valence-electron chi connectivity index (χ2n) is 4.38. The van der Waals surface area contributed by atoms with E-state index in [1.807, 2.05) is 4.90 Å². The van der Waals surface area contributed by atoms with Crippen LogP contribution in [0.15, 0.2) is 0 Å². The molecule has 0 saturated carbocycles. The third-order valence-electron chi connectivity index (χ3n) is 3.40. The van der Waals surface area contributed by atoms with Crippen molar-refractivity contribution < 1.29 is 4.79 Å². The molecule has 4 nitrogen and oxygen atoms in total. The zero-order valence-electron chi connectivity index (χ0n) is 8.85. The van der Waals surface area contributed by atoms with Gasteiger partial charge in [0, 0.05) is 45.3 Å². The number of hydrogen-bond donors (Lipinski definition) is 0. The standard InChI is InChI=1S/C10H19N3O/c1-11-4-6-13(7-5-11)10-2-3-12(8-10)9-14/h9-10H,2-8H2,1H3/t10-/m1/s1. The van der Waals surface area contributed by atoms with Crippen molar-refractivity contribution in [3.05, 3.63) is 0 Å². The lowest BCUT2D eigenvalue weighted by atomic mass is 10.2. The number of piperazine rings is 1. The van der Waals surface area contributed by atoms with Crippen LogP contribution < -0.4 is 0 Å². The summed E-state index contributed by atoms with van der Waals surface area (Å²) in [5.41, 5.74) is 0. The normalized spacial score (nSPS) is 30.9. The molecule has 2 aliphatic rings. The number of nitrogens with zero attached hydrogens (tertiary/aromatic N) is 3. The number of carbonyl (C=O) groups excluding carboxylic acids is 1. The highest BCUT2D eigenvalue weighted by Gasteiger charge is 2.28. The Morgan fingerprint density at radius 3 is 2.43 bits per heavy atom. The molecular formula is C10H19N3O. The van der Waals surface area contributed by atoms with Crippen LogP contribution in [0.1, 0.15) is 6.42 Å². The summed E-state index contributed by atoms with van der Waals surface area (Å²) < 4.78 is 0. The van der Waals surface area contributed by atoms with Crippen LogP contribution in [0, 0.1) is 0 Å². The van der Waals surface area contributed by atoms with Gasteiger partial charge in [-0.25, -0.2) is 0 Å². The Hall–Kier alpha value is -0.610. The third kappa shape index (κ3) is 2.07. The molecule has 0 spiro atoms. The molecule has 2 saturated heterocycles. The van der Waals surface area contributed by atoms with Crippen LogP contribution in [0.4, 0.5) is 0 Å². The van der Waals surface area contributed by atoms with E-state index in [1.54, 1.807) is 0 Å². The topological polar surface area (TPSA) is 26.8 Å². The van der Waals surface area contributed by atoms with E-state index in [-0.39, 0.29) is 0 Å². The smallest absolute Gasteiger partial charge is 0.209 e. The largest absolute Gasteiger partial charge is 0.344 e. The highest BCUT2D eigenvalue weighted by atomic mass is 16.1. The zero-order chi connectivity index (χ0) is 9.97. The maximum atomic E-state index is 10.6. The van der Waals surface area contributed by atoms with E-state index in [2.05, 4.69) is 16.8 Å². The summed E-state index contributed by atoms with van der Waals surface area (Å²) in [4.78, 5) is 17.4. The second kappa shape index (κ2) is 4.28. The number of likely N-dealkylation sites (N-methyl/N-ethyl adjacent to an activating group) is 1. The molecule has 0 N–H and O–H groups in total. The molecule has 2 rings (SSSR count). The predicted octanol–water partition coefficient (Wildman–Crippen LogP) is -0.535. The van der Waals surface area contributed by atoms with E-state index in [4.69, 9.17) is 0 Å². The Labute approximate surface area is 85.5 Å². The number of hydrogen-bond acceptors (Lipinski definition) is 3. The van der Waals surface area contributed by atoms with Crippen LogP contribution in [0.2, 0.25) is 0 Å². The van der Waals surface area contributed by atoms with Crippen molar-refractivity contribution in [2.75, 3.05) is 46.3 Å². The molecular weight excluding hydrogens is 178 g/mol. The zero-order valence-corrected chi connectivity index (χ0v) is 8.85. The van der Waals surface area contributed by atoms with Gasteiger partial charge in [-0.2, -0.15) is 0 Å². The first-order valence-corrected chi connectivity index (χ1v) is 5.41. The lowest BCUT2D eigenvalue weighted by Crippen LogP contribution is -2.49. The van der Waals surface area contributed by atoms with Gasteiger partial charge < -0.3 is 9.80 Å². The van der Waals surface area contributed by atoms with Crippen molar-refractivity contribution >= 4 is 6.41 Å². The average molecular weight is 197 g/mol. The van der Waals surface area contributed by atoms with Crippen molar-refractivity contribution in [2.45, 2.75) is 12.5 Å². The molecule has 0 aliphatic carbocycles. The second-order valence-corrected chi connectivity index (χ2v) is 4.38. The van der Waals surface area contributed by atoms with Crippen molar-refractivity contribution in [2.24, 2.45) is 0 Å². The van der Waals surface area contributed by atoms with Gasteiger partial charge >= 0.3 is 0 Å². The number of rotatable bonds is 2. The molecule has 1 amide bonds. The van der Waals surface area contributed by atoms with Crippen LogP contribution in [-0.4, -0.2) is 73.5 Å². The summed E-state index contributed by atoms with van der Waals surface area (Å²) in [6.45, 7) is 6.53. The minimum absolute atomic E-state index is 0.619. The molecule has 2 aliphatic heterocycles. The highest BCUT2D eigenvalue weighted by Crippen LogP contribution is 2.15. The molecule has 4 heteroatoms. The summed E-state index contributed by atoms with van der Waals surface area (Å²) in [5, 5.41) is 0. The first-order valence-electron chi connectivity index (χ1n) is 5.41. The van der Waals surface area contributed by atoms with Crippen LogP contribution >= 0.6 is 0 Å². The fraction of sp³-hybridized carbons (Fsp3) is 0.900. The maximum absolute atomic E-state index is 10.6. The third-order valence-corrected chi connectivity index (χ3v) is 3.40. The molecule has 80 valence electrons. The summed E-state index contributed by atoms with van der Waals surface area (Å²) >= 11 is 0. The lowest BCUT2D eigenvalue weighted by Gasteiger charge is -2.36. The molecule has 0 aromatic carbocycles. The van der Waals surface area contributed by atoms with Crippen LogP contribution in [-0.2, 0) is 4.79 Å². The van der Waals surface area contributed by atoms with E-state index in [1.165, 1.54) is 0 Å². The van der Waals surface area contributed by atoms with E-state index in [9.17, 15) is 4.79 Å². The van der Waals surface area contributed by atoms with Crippen LogP contribution in [0.25, 0.3) is 0 Å². The Morgan fingerprint density at radius 1 is 1.14 bits per heavy atom. The van der Waals surface area contributed by atoms with E-state index in [0.717, 1.165) is 52.1 Å². The minimum atomic E-state index is 0.619. The summed E-state index contributed by atoms with van der Waals surface area (Å²) in [6, 6.07) is 0.619. The molecule has 0 aromatic rings. The fourth-order valence-electron chi connectivity index (χ4n) is 2.35. The Kier molecular flexibility index (Phi) is 3.03. The number of carbonyl (C=O) groups is 1. The van der Waals surface area contributed by atoms with Crippen LogP contribution in [0.5, 0.6) is 0 Å². The SMILES string of the molecule is CN1CCN([C@@H]2CCN(C=O)C2)CC1. The van der Waals surface area contributed by atoms with Crippen molar-refractivity contribution in [1.82, 2.24) is 14.7 Å². The minimum Gasteiger partial charge on any atom is -0.344 e. The van der Waals surface area contributed by atoms with Gasteiger partial charge in [-0.05, 0) is 13.5 Å². The molecule has 2 heterocycles. The van der Waals surface area contributed by atoms with Gasteiger partial charge in [0.25, 0.3) is 0 Å². The van der Waals surface area contributed by atoms with Gasteiger partial charge in [0.05, 0.1) is 0 Å². The highest BCUT2D eigenvalue weighted by molar-refractivity contribution is 5.47. The average Bonchev–Trinajstić information content (AvgIpc) is 2.67. The molecule has 0 unspecified atom stereocenters. The Morgan fingerprint density at radius 2 is 1.86 bits per heavy atom.